The molecule has 0 aliphatic heterocycles. The highest BCUT2D eigenvalue weighted by Crippen LogP contribution is 2.16. The summed E-state index contributed by atoms with van der Waals surface area (Å²) in [5.41, 5.74) is 1.69. The molecule has 0 spiro atoms. The van der Waals surface area contributed by atoms with Crippen LogP contribution in [0.5, 0.6) is 0 Å². The Bertz CT molecular complexity index is 887. The third kappa shape index (κ3) is 2.48. The number of aromatic nitrogens is 4. The molecule has 22 heavy (non-hydrogen) atoms. The van der Waals surface area contributed by atoms with E-state index in [9.17, 15) is 4.79 Å². The van der Waals surface area contributed by atoms with Crippen molar-refractivity contribution in [3.05, 3.63) is 52.7 Å². The Morgan fingerprint density at radius 2 is 2.00 bits per heavy atom. The van der Waals surface area contributed by atoms with E-state index < -0.39 is 0 Å². The summed E-state index contributed by atoms with van der Waals surface area (Å²) < 4.78 is 1.48. The predicted octanol–water partition coefficient (Wildman–Crippen LogP) is 1.60. The lowest BCUT2D eigenvalue weighted by atomic mass is 10.3. The lowest BCUT2D eigenvalue weighted by Gasteiger charge is -2.15. The van der Waals surface area contributed by atoms with Crippen LogP contribution >= 0.6 is 0 Å². The van der Waals surface area contributed by atoms with Crippen molar-refractivity contribution in [3.8, 4) is 0 Å². The molecule has 0 aliphatic carbocycles. The molecule has 0 amide bonds. The van der Waals surface area contributed by atoms with E-state index in [4.69, 9.17) is 0 Å². The Morgan fingerprint density at radius 3 is 2.77 bits per heavy atom. The van der Waals surface area contributed by atoms with Crippen LogP contribution in [0.15, 0.2) is 41.6 Å². The van der Waals surface area contributed by atoms with Gasteiger partial charge in [-0.05, 0) is 19.1 Å². The first kappa shape index (κ1) is 14.0. The minimum atomic E-state index is -0.193. The zero-order valence-corrected chi connectivity index (χ0v) is 12.6. The van der Waals surface area contributed by atoms with Crippen LogP contribution in [0.25, 0.3) is 5.65 Å². The van der Waals surface area contributed by atoms with Crippen molar-refractivity contribution in [1.29, 1.82) is 0 Å². The monoisotopic (exact) mass is 296 g/mol. The molecule has 3 aromatic rings. The van der Waals surface area contributed by atoms with Gasteiger partial charge in [0.25, 0.3) is 5.56 Å². The van der Waals surface area contributed by atoms with Gasteiger partial charge < -0.3 is 10.2 Å². The van der Waals surface area contributed by atoms with Crippen molar-refractivity contribution < 1.29 is 0 Å². The van der Waals surface area contributed by atoms with E-state index in [1.165, 1.54) is 10.6 Å². The molecule has 0 aliphatic rings. The van der Waals surface area contributed by atoms with Gasteiger partial charge in [0.05, 0.1) is 6.20 Å². The van der Waals surface area contributed by atoms with Crippen molar-refractivity contribution in [2.24, 2.45) is 0 Å². The Hall–Kier alpha value is -2.96. The number of aryl methyl sites for hydroxylation is 1. The molecule has 0 radical (unpaired) electrons. The summed E-state index contributed by atoms with van der Waals surface area (Å²) in [4.78, 5) is 27.2. The lowest BCUT2D eigenvalue weighted by molar-refractivity contribution is 1.01. The SMILES string of the molecule is Cc1cnc(Nc2cnc3ccccn3c2=O)nc1N(C)C. The number of rotatable bonds is 3. The number of fused-ring (bicyclic) bond motifs is 1. The Morgan fingerprint density at radius 1 is 1.18 bits per heavy atom. The Labute approximate surface area is 127 Å². The van der Waals surface area contributed by atoms with Gasteiger partial charge in [0.2, 0.25) is 5.95 Å². The molecule has 7 nitrogen and oxygen atoms in total. The summed E-state index contributed by atoms with van der Waals surface area (Å²) in [5.74, 6) is 1.16. The topological polar surface area (TPSA) is 75.4 Å². The van der Waals surface area contributed by atoms with Gasteiger partial charge in [-0.3, -0.25) is 9.20 Å². The van der Waals surface area contributed by atoms with E-state index in [0.717, 1.165) is 11.4 Å². The van der Waals surface area contributed by atoms with Gasteiger partial charge in [-0.1, -0.05) is 6.07 Å². The summed E-state index contributed by atoms with van der Waals surface area (Å²) in [7, 11) is 3.82. The molecule has 7 heteroatoms. The summed E-state index contributed by atoms with van der Waals surface area (Å²) >= 11 is 0. The quantitative estimate of drug-likeness (QED) is 0.791. The van der Waals surface area contributed by atoms with Gasteiger partial charge in [0.1, 0.15) is 17.2 Å². The predicted molar refractivity (Wildman–Crippen MR) is 85.8 cm³/mol. The Kier molecular flexibility index (Phi) is 3.46. The number of hydrogen-bond acceptors (Lipinski definition) is 6. The second-order valence-corrected chi connectivity index (χ2v) is 5.13. The molecule has 1 N–H and O–H groups in total. The molecule has 0 bridgehead atoms. The average molecular weight is 296 g/mol. The number of nitrogens with zero attached hydrogens (tertiary/aromatic N) is 5. The van der Waals surface area contributed by atoms with Crippen molar-refractivity contribution in [2.45, 2.75) is 6.92 Å². The molecule has 3 aromatic heterocycles. The second-order valence-electron chi connectivity index (χ2n) is 5.13. The molecule has 3 rings (SSSR count). The maximum absolute atomic E-state index is 12.4. The van der Waals surface area contributed by atoms with Crippen LogP contribution in [0, 0.1) is 6.92 Å². The Balaban J connectivity index is 2.02. The second kappa shape index (κ2) is 5.44. The normalized spacial score (nSPS) is 10.7. The highest BCUT2D eigenvalue weighted by atomic mass is 16.1. The van der Waals surface area contributed by atoms with Crippen LogP contribution in [-0.4, -0.2) is 33.4 Å². The standard InChI is InChI=1S/C15H16N6O/c1-10-8-17-15(19-13(10)20(2)3)18-11-9-16-12-6-4-5-7-21(12)14(11)22/h4-9H,1-3H3,(H,17,18,19). The minimum Gasteiger partial charge on any atom is -0.362 e. The maximum atomic E-state index is 12.4. The molecular formula is C15H16N6O. The zero-order chi connectivity index (χ0) is 15.7. The van der Waals surface area contributed by atoms with Gasteiger partial charge in [0, 0.05) is 32.1 Å². The summed E-state index contributed by atoms with van der Waals surface area (Å²) in [6.07, 6.45) is 4.89. The van der Waals surface area contributed by atoms with E-state index >= 15 is 0 Å². The van der Waals surface area contributed by atoms with Gasteiger partial charge in [-0.2, -0.15) is 4.98 Å². The molecule has 112 valence electrons. The van der Waals surface area contributed by atoms with Gasteiger partial charge in [0.15, 0.2) is 0 Å². The third-order valence-electron chi connectivity index (χ3n) is 3.23. The molecule has 0 atom stereocenters. The fourth-order valence-corrected chi connectivity index (χ4v) is 2.18. The number of nitrogens with one attached hydrogen (secondary N) is 1. The van der Waals surface area contributed by atoms with Crippen molar-refractivity contribution >= 4 is 23.1 Å². The molecule has 0 saturated heterocycles. The van der Waals surface area contributed by atoms with E-state index in [2.05, 4.69) is 20.3 Å². The van der Waals surface area contributed by atoms with Crippen molar-refractivity contribution in [3.63, 3.8) is 0 Å². The van der Waals surface area contributed by atoms with E-state index in [0.29, 0.717) is 17.3 Å². The van der Waals surface area contributed by atoms with Crippen LogP contribution in [0.4, 0.5) is 17.5 Å². The fraction of sp³-hybridized carbons (Fsp3) is 0.200. The van der Waals surface area contributed by atoms with Crippen LogP contribution in [0.2, 0.25) is 0 Å². The number of anilines is 3. The van der Waals surface area contributed by atoms with Crippen molar-refractivity contribution in [2.75, 3.05) is 24.3 Å². The maximum Gasteiger partial charge on any atom is 0.281 e. The molecule has 0 fully saturated rings. The molecule has 0 unspecified atom stereocenters. The lowest BCUT2D eigenvalue weighted by Crippen LogP contribution is -2.19. The molecular weight excluding hydrogens is 280 g/mol. The van der Waals surface area contributed by atoms with E-state index in [1.54, 1.807) is 24.5 Å². The van der Waals surface area contributed by atoms with Crippen LogP contribution < -0.4 is 15.8 Å². The van der Waals surface area contributed by atoms with Gasteiger partial charge in [-0.25, -0.2) is 9.97 Å². The van der Waals surface area contributed by atoms with Crippen LogP contribution in [-0.2, 0) is 0 Å². The smallest absolute Gasteiger partial charge is 0.281 e. The first-order chi connectivity index (χ1) is 10.6. The minimum absolute atomic E-state index is 0.193. The number of hydrogen-bond donors (Lipinski definition) is 1. The van der Waals surface area contributed by atoms with E-state index in [-0.39, 0.29) is 5.56 Å². The van der Waals surface area contributed by atoms with Crippen molar-refractivity contribution in [1.82, 2.24) is 19.4 Å². The summed E-state index contributed by atoms with van der Waals surface area (Å²) in [6, 6.07) is 5.39. The highest BCUT2D eigenvalue weighted by Gasteiger charge is 2.09. The average Bonchev–Trinajstić information content (AvgIpc) is 2.52. The van der Waals surface area contributed by atoms with Crippen LogP contribution in [0.1, 0.15) is 5.56 Å². The highest BCUT2D eigenvalue weighted by molar-refractivity contribution is 5.56. The summed E-state index contributed by atoms with van der Waals surface area (Å²) in [5, 5.41) is 2.94. The first-order valence-electron chi connectivity index (χ1n) is 6.80. The largest absolute Gasteiger partial charge is 0.362 e. The number of pyridine rings is 1. The third-order valence-corrected chi connectivity index (χ3v) is 3.23. The zero-order valence-electron chi connectivity index (χ0n) is 12.6. The van der Waals surface area contributed by atoms with E-state index in [1.807, 2.05) is 32.0 Å². The van der Waals surface area contributed by atoms with Gasteiger partial charge >= 0.3 is 0 Å². The fourth-order valence-electron chi connectivity index (χ4n) is 2.18. The molecule has 0 aromatic carbocycles. The molecule has 3 heterocycles. The van der Waals surface area contributed by atoms with Crippen LogP contribution in [0.3, 0.4) is 0 Å². The first-order valence-corrected chi connectivity index (χ1v) is 6.80. The van der Waals surface area contributed by atoms with Gasteiger partial charge in [-0.15, -0.1) is 0 Å². The summed E-state index contributed by atoms with van der Waals surface area (Å²) in [6.45, 7) is 1.94. The molecule has 0 saturated carbocycles.